The summed E-state index contributed by atoms with van der Waals surface area (Å²) in [6.07, 6.45) is 2.05. The van der Waals surface area contributed by atoms with E-state index in [9.17, 15) is 0 Å². The van der Waals surface area contributed by atoms with Crippen LogP contribution in [0.5, 0.6) is 0 Å². The van der Waals surface area contributed by atoms with Crippen molar-refractivity contribution in [2.75, 3.05) is 23.8 Å². The highest BCUT2D eigenvalue weighted by Gasteiger charge is 2.19. The second-order valence-corrected chi connectivity index (χ2v) is 8.23. The van der Waals surface area contributed by atoms with Crippen LogP contribution < -0.4 is 5.32 Å². The maximum Gasteiger partial charge on any atom is 0.107 e. The first-order valence-corrected chi connectivity index (χ1v) is 9.12. The molecule has 0 bridgehead atoms. The van der Waals surface area contributed by atoms with Gasteiger partial charge in [-0.2, -0.15) is 11.8 Å². The van der Waals surface area contributed by atoms with E-state index in [2.05, 4.69) is 47.7 Å². The number of nitrogens with zero attached hydrogens (tertiary/aromatic N) is 1. The van der Waals surface area contributed by atoms with Crippen LogP contribution in [-0.4, -0.2) is 28.8 Å². The Balaban J connectivity index is 1.82. The van der Waals surface area contributed by atoms with Crippen LogP contribution in [0, 0.1) is 5.92 Å². The van der Waals surface area contributed by atoms with Crippen LogP contribution >= 0.6 is 34.9 Å². The van der Waals surface area contributed by atoms with Crippen molar-refractivity contribution in [3.63, 3.8) is 0 Å². The summed E-state index contributed by atoms with van der Waals surface area (Å²) in [5, 5.41) is 5.44. The normalized spacial score (nSPS) is 21.0. The van der Waals surface area contributed by atoms with E-state index in [1.165, 1.54) is 27.1 Å². The molecule has 2 rings (SSSR count). The lowest BCUT2D eigenvalue weighted by molar-refractivity contribution is 0.554. The third kappa shape index (κ3) is 4.47. The summed E-state index contributed by atoms with van der Waals surface area (Å²) < 4.78 is 0. The Bertz CT molecular complexity index is 332. The number of thiazole rings is 1. The van der Waals surface area contributed by atoms with Gasteiger partial charge in [-0.3, -0.25) is 0 Å². The van der Waals surface area contributed by atoms with E-state index >= 15 is 0 Å². The molecule has 1 unspecified atom stereocenters. The summed E-state index contributed by atoms with van der Waals surface area (Å²) in [6.45, 7) is 6.53. The number of hydrogen-bond donors (Lipinski definition) is 1. The smallest absolute Gasteiger partial charge is 0.107 e. The summed E-state index contributed by atoms with van der Waals surface area (Å²) >= 11 is 6.01. The minimum atomic E-state index is 0.637. The quantitative estimate of drug-likeness (QED) is 0.897. The van der Waals surface area contributed by atoms with Gasteiger partial charge in [-0.05, 0) is 12.5 Å². The molecule has 96 valence electrons. The summed E-state index contributed by atoms with van der Waals surface area (Å²) in [6, 6.07) is 0. The van der Waals surface area contributed by atoms with Gasteiger partial charge in [-0.25, -0.2) is 4.98 Å². The zero-order chi connectivity index (χ0) is 12.1. The molecule has 0 radical (unpaired) electrons. The number of rotatable bonds is 5. The molecule has 1 aliphatic rings. The van der Waals surface area contributed by atoms with E-state index in [4.69, 9.17) is 0 Å². The lowest BCUT2D eigenvalue weighted by Crippen LogP contribution is -2.18. The molecule has 1 aliphatic heterocycles. The van der Waals surface area contributed by atoms with Crippen molar-refractivity contribution in [2.45, 2.75) is 25.6 Å². The van der Waals surface area contributed by atoms with E-state index in [0.29, 0.717) is 11.2 Å². The minimum absolute atomic E-state index is 0.637. The summed E-state index contributed by atoms with van der Waals surface area (Å²) in [5.74, 6) is 4.52. The van der Waals surface area contributed by atoms with Crippen LogP contribution in [0.2, 0.25) is 0 Å². The van der Waals surface area contributed by atoms with Gasteiger partial charge in [-0.15, -0.1) is 23.1 Å². The second kappa shape index (κ2) is 7.02. The van der Waals surface area contributed by atoms with Gasteiger partial charge in [0, 0.05) is 34.9 Å². The number of thioether (sulfide) groups is 2. The Kier molecular flexibility index (Phi) is 5.66. The second-order valence-electron chi connectivity index (χ2n) is 4.62. The summed E-state index contributed by atoms with van der Waals surface area (Å²) in [5.41, 5.74) is 0. The maximum atomic E-state index is 4.58. The first-order chi connectivity index (χ1) is 8.25. The van der Waals surface area contributed by atoms with E-state index in [1.807, 2.05) is 17.5 Å². The molecule has 0 aliphatic carbocycles. The fourth-order valence-electron chi connectivity index (χ4n) is 1.67. The molecule has 0 aromatic carbocycles. The lowest BCUT2D eigenvalue weighted by atomic mass is 10.2. The van der Waals surface area contributed by atoms with Gasteiger partial charge in [-0.1, -0.05) is 13.8 Å². The van der Waals surface area contributed by atoms with Gasteiger partial charge in [0.1, 0.15) is 5.01 Å². The standard InChI is InChI=1S/C12H20N2S3/c1-9(2)5-13-6-10-7-14-12(17-10)11-8-15-3-4-16-11/h7,9,11,13H,3-6,8H2,1-2H3. The molecular formula is C12H20N2S3. The van der Waals surface area contributed by atoms with E-state index in [1.54, 1.807) is 0 Å². The molecule has 0 spiro atoms. The first kappa shape index (κ1) is 13.7. The highest BCUT2D eigenvalue weighted by Crippen LogP contribution is 2.38. The SMILES string of the molecule is CC(C)CNCc1cnc(C2CSCCS2)s1. The highest BCUT2D eigenvalue weighted by molar-refractivity contribution is 8.06. The summed E-state index contributed by atoms with van der Waals surface area (Å²) in [7, 11) is 0. The Hall–Kier alpha value is 0.290. The van der Waals surface area contributed by atoms with E-state index in [0.717, 1.165) is 13.1 Å². The van der Waals surface area contributed by atoms with Crippen molar-refractivity contribution >= 4 is 34.9 Å². The fourth-order valence-corrected chi connectivity index (χ4v) is 5.55. The Labute approximate surface area is 116 Å². The van der Waals surface area contributed by atoms with Gasteiger partial charge in [0.15, 0.2) is 0 Å². The molecule has 17 heavy (non-hydrogen) atoms. The average molecular weight is 289 g/mol. The molecule has 0 saturated carbocycles. The molecule has 1 N–H and O–H groups in total. The van der Waals surface area contributed by atoms with Crippen LogP contribution in [-0.2, 0) is 6.54 Å². The first-order valence-electron chi connectivity index (χ1n) is 6.10. The Morgan fingerprint density at radius 2 is 2.35 bits per heavy atom. The zero-order valence-corrected chi connectivity index (χ0v) is 12.9. The molecule has 2 nitrogen and oxygen atoms in total. The van der Waals surface area contributed by atoms with Crippen molar-refractivity contribution < 1.29 is 0 Å². The van der Waals surface area contributed by atoms with Gasteiger partial charge >= 0.3 is 0 Å². The predicted octanol–water partition coefficient (Wildman–Crippen LogP) is 3.41. The van der Waals surface area contributed by atoms with Crippen LogP contribution in [0.15, 0.2) is 6.20 Å². The van der Waals surface area contributed by atoms with Crippen molar-refractivity contribution in [1.29, 1.82) is 0 Å². The minimum Gasteiger partial charge on any atom is -0.312 e. The zero-order valence-electron chi connectivity index (χ0n) is 10.4. The number of hydrogen-bond acceptors (Lipinski definition) is 5. The van der Waals surface area contributed by atoms with Gasteiger partial charge in [0.05, 0.1) is 5.25 Å². The van der Waals surface area contributed by atoms with Crippen molar-refractivity contribution in [2.24, 2.45) is 5.92 Å². The highest BCUT2D eigenvalue weighted by atomic mass is 32.2. The molecule has 2 heterocycles. The van der Waals surface area contributed by atoms with Gasteiger partial charge in [0.25, 0.3) is 0 Å². The van der Waals surface area contributed by atoms with Crippen molar-refractivity contribution in [1.82, 2.24) is 10.3 Å². The Morgan fingerprint density at radius 1 is 1.47 bits per heavy atom. The topological polar surface area (TPSA) is 24.9 Å². The van der Waals surface area contributed by atoms with Crippen LogP contribution in [0.3, 0.4) is 0 Å². The summed E-state index contributed by atoms with van der Waals surface area (Å²) in [4.78, 5) is 5.95. The van der Waals surface area contributed by atoms with Crippen molar-refractivity contribution in [3.8, 4) is 0 Å². The van der Waals surface area contributed by atoms with E-state index in [-0.39, 0.29) is 0 Å². The number of aromatic nitrogens is 1. The van der Waals surface area contributed by atoms with Gasteiger partial charge < -0.3 is 5.32 Å². The van der Waals surface area contributed by atoms with Crippen LogP contribution in [0.4, 0.5) is 0 Å². The molecule has 1 aromatic rings. The molecule has 1 aromatic heterocycles. The molecular weight excluding hydrogens is 268 g/mol. The largest absolute Gasteiger partial charge is 0.312 e. The third-order valence-corrected chi connectivity index (χ3v) is 6.54. The lowest BCUT2D eigenvalue weighted by Gasteiger charge is -2.18. The molecule has 0 amide bonds. The van der Waals surface area contributed by atoms with E-state index < -0.39 is 0 Å². The van der Waals surface area contributed by atoms with Crippen molar-refractivity contribution in [3.05, 3.63) is 16.1 Å². The third-order valence-electron chi connectivity index (χ3n) is 2.51. The monoisotopic (exact) mass is 288 g/mol. The predicted molar refractivity (Wildman–Crippen MR) is 81.2 cm³/mol. The molecule has 1 saturated heterocycles. The van der Waals surface area contributed by atoms with Crippen LogP contribution in [0.1, 0.15) is 29.0 Å². The molecule has 1 atom stereocenters. The van der Waals surface area contributed by atoms with Crippen LogP contribution in [0.25, 0.3) is 0 Å². The van der Waals surface area contributed by atoms with Gasteiger partial charge in [0.2, 0.25) is 0 Å². The fraction of sp³-hybridized carbons (Fsp3) is 0.750. The maximum absolute atomic E-state index is 4.58. The number of nitrogens with one attached hydrogen (secondary N) is 1. The Morgan fingerprint density at radius 3 is 3.06 bits per heavy atom. The molecule has 1 fully saturated rings. The average Bonchev–Trinajstić information content (AvgIpc) is 2.78. The molecule has 5 heteroatoms.